The quantitative estimate of drug-likeness (QED) is 0.0136. The fraction of sp³-hybridized carbons (Fsp3) is 0.0370. The number of aromatic nitrogens is 2. The van der Waals surface area contributed by atoms with Crippen LogP contribution in [0.15, 0.2) is 102 Å². The van der Waals surface area contributed by atoms with Gasteiger partial charge < -0.3 is 34.7 Å². The van der Waals surface area contributed by atoms with E-state index in [1.165, 1.54) is 12.1 Å². The van der Waals surface area contributed by atoms with E-state index < -0.39 is 92.4 Å². The predicted octanol–water partition coefficient (Wildman–Crippen LogP) is -7.84. The van der Waals surface area contributed by atoms with Crippen molar-refractivity contribution >= 4 is 93.1 Å². The van der Waals surface area contributed by atoms with Crippen LogP contribution in [0.4, 0.5) is 48.7 Å². The van der Waals surface area contributed by atoms with Crippen LogP contribution in [0, 0.1) is 12.0 Å². The van der Waals surface area contributed by atoms with Crippen molar-refractivity contribution < 1.29 is 186 Å². The maximum atomic E-state index is 13.6. The minimum absolute atomic E-state index is 0. The number of phenols is 1. The van der Waals surface area contributed by atoms with Crippen LogP contribution < -0.4 is 134 Å². The van der Waals surface area contributed by atoms with Crippen molar-refractivity contribution in [1.82, 2.24) is 9.97 Å². The van der Waals surface area contributed by atoms with E-state index in [2.05, 4.69) is 50.4 Å². The third-order valence-electron chi connectivity index (χ3n) is 6.61. The van der Waals surface area contributed by atoms with Crippen LogP contribution in [0.2, 0.25) is 0 Å². The molecule has 0 aliphatic heterocycles. The fourth-order valence-corrected chi connectivity index (χ4v) is 6.49. The largest absolute Gasteiger partial charge is 1.00 e. The first kappa shape index (κ1) is 54.7. The molecule has 0 saturated carbocycles. The number of hydrogen-bond acceptors (Lipinski definition) is 22. The Morgan fingerprint density at radius 1 is 0.741 bits per heavy atom. The summed E-state index contributed by atoms with van der Waals surface area (Å²) in [5.74, 6) is -3.72. The van der Waals surface area contributed by atoms with Gasteiger partial charge in [0.1, 0.15) is 64.8 Å². The second-order valence-corrected chi connectivity index (χ2v) is 15.0. The molecule has 58 heavy (non-hydrogen) atoms. The number of halogens is 2. The number of nitrogens with zero attached hydrogens (tertiary/aromatic N) is 6. The van der Waals surface area contributed by atoms with Gasteiger partial charge in [0.25, 0.3) is 0 Å². The summed E-state index contributed by atoms with van der Waals surface area (Å²) < 4.78 is 137. The molecule has 284 valence electrons. The van der Waals surface area contributed by atoms with Crippen molar-refractivity contribution in [2.45, 2.75) is 14.7 Å². The summed E-state index contributed by atoms with van der Waals surface area (Å²) in [4.78, 5) is 4.11. The molecule has 21 nitrogen and oxygen atoms in total. The number of azo groups is 2. The minimum atomic E-state index is -5.29. The van der Waals surface area contributed by atoms with Crippen molar-refractivity contribution in [2.75, 3.05) is 16.5 Å². The van der Waals surface area contributed by atoms with Crippen LogP contribution in [0.5, 0.6) is 5.75 Å². The standard InChI is InChI=1S/C27H20F2N8O13S4.4Na/c28-22-11-23(33-27(29)32-22)31-13-5-8-21(54(46,47)48)18(9-13)35-36-24-15-10-19(51-50-49-39)25(37-34-16-3-1-2-4-20(16)53(43,44)45)26(38)14(15)6-7-17(24)30-12-52(40,41)42;;;;/h1-11,30,38-39H,12H2,(H,31,32,33)(H,40,41,42)(H,43,44,45)(H,46,47,48);;;;/q;4*+1/p-4. The van der Waals surface area contributed by atoms with Crippen molar-refractivity contribution in [2.24, 2.45) is 20.5 Å². The molecule has 0 atom stereocenters. The van der Waals surface area contributed by atoms with Crippen molar-refractivity contribution in [3.8, 4) is 5.75 Å². The Balaban J connectivity index is 0.00000420. The molecule has 0 bridgehead atoms. The summed E-state index contributed by atoms with van der Waals surface area (Å²) >= 11 is 0.119. The van der Waals surface area contributed by atoms with Gasteiger partial charge in [0, 0.05) is 22.5 Å². The molecule has 5 rings (SSSR count). The van der Waals surface area contributed by atoms with Gasteiger partial charge in [-0.3, -0.25) is 5.04 Å². The molecule has 1 aromatic heterocycles. The van der Waals surface area contributed by atoms with Gasteiger partial charge in [-0.15, -0.1) is 20.5 Å². The number of nitrogens with one attached hydrogen (secondary N) is 2. The molecule has 0 spiro atoms. The van der Waals surface area contributed by atoms with E-state index >= 15 is 0 Å². The molecule has 5 aromatic rings. The zero-order chi connectivity index (χ0) is 39.4. The normalized spacial score (nSPS) is 11.7. The van der Waals surface area contributed by atoms with Crippen molar-refractivity contribution in [3.63, 3.8) is 0 Å². The SMILES string of the molecule is O=S(=O)([O-])CNc1ccc2c(O)c(N=Nc3ccccc3S(=O)(=O)[O-])c(SOO[O-])cc2c1N=Nc1cc(Nc2cc(F)nc(F)n2)ccc1S(=O)(=O)[O-].[Na+].[Na+].[Na+].[Na+]. The molecule has 0 fully saturated rings. The van der Waals surface area contributed by atoms with E-state index in [-0.39, 0.29) is 157 Å². The van der Waals surface area contributed by atoms with Crippen LogP contribution in [0.25, 0.3) is 10.8 Å². The molecule has 0 aliphatic rings. The van der Waals surface area contributed by atoms with Gasteiger partial charge in [0.05, 0.1) is 32.4 Å². The number of hydrogen-bond donors (Lipinski definition) is 3. The first-order chi connectivity index (χ1) is 25.3. The summed E-state index contributed by atoms with van der Waals surface area (Å²) in [6.45, 7) is 0. The Morgan fingerprint density at radius 2 is 1.36 bits per heavy atom. The number of anilines is 3. The van der Waals surface area contributed by atoms with Crippen molar-refractivity contribution in [1.29, 1.82) is 0 Å². The molecule has 0 saturated heterocycles. The summed E-state index contributed by atoms with van der Waals surface area (Å²) in [5, 5.41) is 45.1. The summed E-state index contributed by atoms with van der Waals surface area (Å²) in [6.07, 6.45) is -1.45. The van der Waals surface area contributed by atoms with E-state index in [0.717, 1.165) is 48.5 Å². The Bertz CT molecular complexity index is 2670. The van der Waals surface area contributed by atoms with Gasteiger partial charge in [0.15, 0.2) is 5.75 Å². The first-order valence-electron chi connectivity index (χ1n) is 13.9. The number of benzene rings is 4. The van der Waals surface area contributed by atoms with Gasteiger partial charge in [-0.25, -0.2) is 25.3 Å². The summed E-state index contributed by atoms with van der Waals surface area (Å²) in [5.41, 5.74) is -2.52. The maximum absolute atomic E-state index is 13.6. The molecule has 4 aromatic carbocycles. The van der Waals surface area contributed by atoms with E-state index in [4.69, 9.17) is 0 Å². The van der Waals surface area contributed by atoms with Gasteiger partial charge in [0.2, 0.25) is 5.95 Å². The van der Waals surface area contributed by atoms with E-state index in [0.29, 0.717) is 6.07 Å². The van der Waals surface area contributed by atoms with Crippen LogP contribution in [-0.2, 0) is 39.7 Å². The van der Waals surface area contributed by atoms with Crippen molar-refractivity contribution in [3.05, 3.63) is 78.8 Å². The topological polar surface area (TPSA) is 333 Å². The second kappa shape index (κ2) is 23.2. The van der Waals surface area contributed by atoms with Gasteiger partial charge >= 0.3 is 124 Å². The minimum Gasteiger partial charge on any atom is -0.747 e. The Labute approximate surface area is 419 Å². The van der Waals surface area contributed by atoms with Gasteiger partial charge in [-0.1, -0.05) is 12.1 Å². The van der Waals surface area contributed by atoms with Gasteiger partial charge in [-0.05, 0) is 48.5 Å². The second-order valence-electron chi connectivity index (χ2n) is 10.2. The maximum Gasteiger partial charge on any atom is 1.00 e. The average Bonchev–Trinajstić information content (AvgIpc) is 3.07. The third kappa shape index (κ3) is 14.6. The van der Waals surface area contributed by atoms with Crippen LogP contribution in [0.1, 0.15) is 0 Å². The number of phenolic OH excluding ortho intramolecular Hbond substituents is 1. The number of rotatable bonds is 14. The monoisotopic (exact) mass is 918 g/mol. The van der Waals surface area contributed by atoms with Crippen LogP contribution in [0.3, 0.4) is 0 Å². The Hall–Kier alpha value is -1.36. The summed E-state index contributed by atoms with van der Waals surface area (Å²) in [6, 6.07) is 11.3. The van der Waals surface area contributed by atoms with Gasteiger partial charge in [-0.2, -0.15) is 23.1 Å². The zero-order valence-corrected chi connectivity index (χ0v) is 41.2. The molecule has 1 heterocycles. The molecule has 0 unspecified atom stereocenters. The zero-order valence-electron chi connectivity index (χ0n) is 30.0. The van der Waals surface area contributed by atoms with E-state index in [1.807, 2.05) is 0 Å². The molecule has 0 radical (unpaired) electrons. The average molecular weight is 919 g/mol. The van der Waals surface area contributed by atoms with Crippen LogP contribution >= 0.6 is 12.0 Å². The van der Waals surface area contributed by atoms with E-state index in [1.54, 1.807) is 0 Å². The fourth-order valence-electron chi connectivity index (χ4n) is 4.48. The van der Waals surface area contributed by atoms with E-state index in [9.17, 15) is 58.1 Å². The molecular weight excluding hydrogens is 903 g/mol. The number of fused-ring (bicyclic) bond motifs is 1. The molecule has 3 N–H and O–H groups in total. The predicted molar refractivity (Wildman–Crippen MR) is 174 cm³/mol. The van der Waals surface area contributed by atoms with Crippen LogP contribution in [-0.4, -0.2) is 59.9 Å². The molecule has 0 aliphatic carbocycles. The Kier molecular flexibility index (Phi) is 21.9. The number of aromatic hydroxyl groups is 1. The molecule has 31 heteroatoms. The third-order valence-corrected chi connectivity index (χ3v) is 9.49. The molecular formula is C27H16F2N8Na4O13S4. The smallest absolute Gasteiger partial charge is 0.747 e. The molecule has 0 amide bonds. The summed E-state index contributed by atoms with van der Waals surface area (Å²) in [7, 11) is -15.3. The Morgan fingerprint density at radius 3 is 1.98 bits per heavy atom. The first-order valence-corrected chi connectivity index (χ1v) is 19.1.